The van der Waals surface area contributed by atoms with Gasteiger partial charge in [0.15, 0.2) is 0 Å². The van der Waals surface area contributed by atoms with E-state index in [1.807, 2.05) is 0 Å². The Bertz CT molecular complexity index is 128. The fourth-order valence-corrected chi connectivity index (χ4v) is 1.96. The first-order valence-electron chi connectivity index (χ1n) is 4.65. The molecule has 72 valence electrons. The van der Waals surface area contributed by atoms with Gasteiger partial charge in [-0.1, -0.05) is 0 Å². The topological polar surface area (TPSA) is 38.5 Å². The first-order valence-corrected chi connectivity index (χ1v) is 4.65. The van der Waals surface area contributed by atoms with Crippen molar-refractivity contribution in [3.63, 3.8) is 0 Å². The van der Waals surface area contributed by atoms with Crippen LogP contribution in [0.1, 0.15) is 6.42 Å². The van der Waals surface area contributed by atoms with Gasteiger partial charge in [0.05, 0.1) is 6.61 Å². The van der Waals surface area contributed by atoms with Crippen LogP contribution in [0.4, 0.5) is 0 Å². The lowest BCUT2D eigenvalue weighted by Gasteiger charge is -2.20. The van der Waals surface area contributed by atoms with Crippen molar-refractivity contribution in [1.82, 2.24) is 4.90 Å². The molecule has 1 aliphatic heterocycles. The minimum absolute atomic E-state index is 0.556. The summed E-state index contributed by atoms with van der Waals surface area (Å²) in [6, 6.07) is 0. The van der Waals surface area contributed by atoms with Crippen LogP contribution in [-0.4, -0.2) is 45.3 Å². The highest BCUT2D eigenvalue weighted by Crippen LogP contribution is 2.22. The van der Waals surface area contributed by atoms with Crippen LogP contribution in [0.2, 0.25) is 0 Å². The summed E-state index contributed by atoms with van der Waals surface area (Å²) in [6.07, 6.45) is 1.28. The Morgan fingerprint density at radius 3 is 2.83 bits per heavy atom. The molecule has 12 heavy (non-hydrogen) atoms. The van der Waals surface area contributed by atoms with Crippen molar-refractivity contribution in [2.75, 3.05) is 40.4 Å². The van der Waals surface area contributed by atoms with Crippen molar-refractivity contribution in [1.29, 1.82) is 0 Å². The van der Waals surface area contributed by atoms with Gasteiger partial charge in [-0.05, 0) is 38.4 Å². The van der Waals surface area contributed by atoms with Crippen molar-refractivity contribution in [2.24, 2.45) is 17.6 Å². The number of hydrogen-bond donors (Lipinski definition) is 1. The van der Waals surface area contributed by atoms with Crippen molar-refractivity contribution in [3.8, 4) is 0 Å². The van der Waals surface area contributed by atoms with E-state index in [2.05, 4.69) is 11.9 Å². The predicted molar refractivity (Wildman–Crippen MR) is 50.0 cm³/mol. The Morgan fingerprint density at radius 2 is 2.42 bits per heavy atom. The van der Waals surface area contributed by atoms with Crippen molar-refractivity contribution >= 4 is 0 Å². The summed E-state index contributed by atoms with van der Waals surface area (Å²) in [6.45, 7) is 3.97. The Morgan fingerprint density at radius 1 is 1.67 bits per heavy atom. The molecule has 1 aliphatic rings. The Kier molecular flexibility index (Phi) is 3.98. The zero-order valence-electron chi connectivity index (χ0n) is 8.12. The summed E-state index contributed by atoms with van der Waals surface area (Å²) < 4.78 is 5.14. The van der Waals surface area contributed by atoms with Crippen LogP contribution < -0.4 is 5.73 Å². The van der Waals surface area contributed by atoms with E-state index in [4.69, 9.17) is 10.5 Å². The van der Waals surface area contributed by atoms with Gasteiger partial charge in [-0.2, -0.15) is 0 Å². The fourth-order valence-electron chi connectivity index (χ4n) is 1.96. The van der Waals surface area contributed by atoms with Gasteiger partial charge in [0.25, 0.3) is 0 Å². The molecule has 0 aromatic heterocycles. The molecular formula is C9H20N2O. The van der Waals surface area contributed by atoms with E-state index in [-0.39, 0.29) is 0 Å². The molecule has 0 spiro atoms. The highest BCUT2D eigenvalue weighted by molar-refractivity contribution is 4.79. The lowest BCUT2D eigenvalue weighted by atomic mass is 9.92. The number of likely N-dealkylation sites (tertiary alicyclic amines) is 1. The van der Waals surface area contributed by atoms with Gasteiger partial charge >= 0.3 is 0 Å². The second-order valence-electron chi connectivity index (χ2n) is 3.76. The van der Waals surface area contributed by atoms with Crippen molar-refractivity contribution in [2.45, 2.75) is 6.42 Å². The minimum atomic E-state index is 0.556. The van der Waals surface area contributed by atoms with E-state index in [0.717, 1.165) is 19.1 Å². The van der Waals surface area contributed by atoms with Crippen LogP contribution in [0.15, 0.2) is 0 Å². The van der Waals surface area contributed by atoms with E-state index >= 15 is 0 Å². The third-order valence-corrected chi connectivity index (χ3v) is 2.78. The number of ether oxygens (including phenoxy) is 1. The van der Waals surface area contributed by atoms with Gasteiger partial charge < -0.3 is 15.4 Å². The monoisotopic (exact) mass is 172 g/mol. The van der Waals surface area contributed by atoms with Gasteiger partial charge in [-0.25, -0.2) is 0 Å². The molecule has 0 radical (unpaired) electrons. The zero-order chi connectivity index (χ0) is 8.97. The Labute approximate surface area is 74.9 Å². The van der Waals surface area contributed by atoms with Crippen LogP contribution >= 0.6 is 0 Å². The molecule has 1 fully saturated rings. The van der Waals surface area contributed by atoms with Crippen molar-refractivity contribution in [3.05, 3.63) is 0 Å². The SMILES string of the molecule is COCC(CN)C1CCN(C)C1. The molecule has 1 saturated heterocycles. The first-order chi connectivity index (χ1) is 5.77. The molecular weight excluding hydrogens is 152 g/mol. The zero-order valence-corrected chi connectivity index (χ0v) is 8.12. The average Bonchev–Trinajstić information content (AvgIpc) is 2.47. The predicted octanol–water partition coefficient (Wildman–Crippen LogP) is 0.159. The molecule has 3 nitrogen and oxygen atoms in total. The summed E-state index contributed by atoms with van der Waals surface area (Å²) >= 11 is 0. The number of methoxy groups -OCH3 is 1. The molecule has 0 saturated carbocycles. The summed E-state index contributed by atoms with van der Waals surface area (Å²) in [4.78, 5) is 2.36. The van der Waals surface area contributed by atoms with E-state index in [9.17, 15) is 0 Å². The van der Waals surface area contributed by atoms with E-state index in [1.54, 1.807) is 7.11 Å². The quantitative estimate of drug-likeness (QED) is 0.656. The first kappa shape index (κ1) is 9.96. The molecule has 0 aliphatic carbocycles. The van der Waals surface area contributed by atoms with Gasteiger partial charge in [-0.15, -0.1) is 0 Å². The molecule has 0 bridgehead atoms. The highest BCUT2D eigenvalue weighted by atomic mass is 16.5. The molecule has 1 rings (SSSR count). The van der Waals surface area contributed by atoms with Crippen molar-refractivity contribution < 1.29 is 4.74 Å². The number of nitrogens with zero attached hydrogens (tertiary/aromatic N) is 1. The summed E-state index contributed by atoms with van der Waals surface area (Å²) in [5.41, 5.74) is 5.69. The third-order valence-electron chi connectivity index (χ3n) is 2.78. The molecule has 0 amide bonds. The average molecular weight is 172 g/mol. The fraction of sp³-hybridized carbons (Fsp3) is 1.00. The summed E-state index contributed by atoms with van der Waals surface area (Å²) in [5.74, 6) is 1.31. The van der Waals surface area contributed by atoms with Crippen LogP contribution in [-0.2, 0) is 4.74 Å². The Hall–Kier alpha value is -0.120. The van der Waals surface area contributed by atoms with Crippen LogP contribution in [0.3, 0.4) is 0 Å². The van der Waals surface area contributed by atoms with Gasteiger partial charge in [0, 0.05) is 13.7 Å². The lowest BCUT2D eigenvalue weighted by Crippen LogP contribution is -2.29. The molecule has 2 N–H and O–H groups in total. The summed E-state index contributed by atoms with van der Waals surface area (Å²) in [5, 5.41) is 0. The maximum absolute atomic E-state index is 5.69. The second kappa shape index (κ2) is 4.80. The molecule has 0 aromatic carbocycles. The second-order valence-corrected chi connectivity index (χ2v) is 3.76. The van der Waals surface area contributed by atoms with Crippen LogP contribution in [0.5, 0.6) is 0 Å². The molecule has 3 heteroatoms. The summed E-state index contributed by atoms with van der Waals surface area (Å²) in [7, 11) is 3.92. The highest BCUT2D eigenvalue weighted by Gasteiger charge is 2.26. The maximum atomic E-state index is 5.69. The molecule has 0 aromatic rings. The Balaban J connectivity index is 2.33. The maximum Gasteiger partial charge on any atom is 0.0505 e. The molecule has 2 unspecified atom stereocenters. The third kappa shape index (κ3) is 2.44. The largest absolute Gasteiger partial charge is 0.384 e. The van der Waals surface area contributed by atoms with Crippen LogP contribution in [0.25, 0.3) is 0 Å². The number of hydrogen-bond acceptors (Lipinski definition) is 3. The lowest BCUT2D eigenvalue weighted by molar-refractivity contribution is 0.126. The van der Waals surface area contributed by atoms with Gasteiger partial charge in [0.2, 0.25) is 0 Å². The van der Waals surface area contributed by atoms with E-state index in [1.165, 1.54) is 19.5 Å². The van der Waals surface area contributed by atoms with E-state index in [0.29, 0.717) is 5.92 Å². The number of nitrogens with two attached hydrogens (primary N) is 1. The van der Waals surface area contributed by atoms with Gasteiger partial charge in [0.1, 0.15) is 0 Å². The van der Waals surface area contributed by atoms with E-state index < -0.39 is 0 Å². The van der Waals surface area contributed by atoms with Crippen LogP contribution in [0, 0.1) is 11.8 Å². The standard InChI is InChI=1S/C9H20N2O/c1-11-4-3-8(6-11)9(5-10)7-12-2/h8-9H,3-7,10H2,1-2H3. The number of rotatable bonds is 4. The van der Waals surface area contributed by atoms with Gasteiger partial charge in [-0.3, -0.25) is 0 Å². The normalized spacial score (nSPS) is 27.8. The minimum Gasteiger partial charge on any atom is -0.384 e. The molecule has 2 atom stereocenters. The molecule has 1 heterocycles. The smallest absolute Gasteiger partial charge is 0.0505 e.